The second-order valence-electron chi connectivity index (χ2n) is 15.1. The van der Waals surface area contributed by atoms with Crippen molar-refractivity contribution in [3.05, 3.63) is 193 Å². The predicted molar refractivity (Wildman–Crippen MR) is 237 cm³/mol. The second kappa shape index (κ2) is 13.0. The Kier molecular flexibility index (Phi) is 7.29. The van der Waals surface area contributed by atoms with Gasteiger partial charge in [-0.1, -0.05) is 146 Å². The summed E-state index contributed by atoms with van der Waals surface area (Å²) in [5, 5.41) is 8.58. The van der Waals surface area contributed by atoms with Crippen LogP contribution in [0.4, 0.5) is 0 Å². The maximum Gasteiger partial charge on any atom is 0.164 e. The first-order valence-electron chi connectivity index (χ1n) is 19.7. The van der Waals surface area contributed by atoms with Gasteiger partial charge < -0.3 is 8.83 Å². The highest BCUT2D eigenvalue weighted by atomic mass is 16.3. The molecule has 3 heterocycles. The molecule has 1 unspecified atom stereocenters. The number of fused-ring (bicyclic) bond motifs is 9. The Morgan fingerprint density at radius 2 is 1.14 bits per heavy atom. The lowest BCUT2D eigenvalue weighted by atomic mass is 9.90. The second-order valence-corrected chi connectivity index (χ2v) is 15.1. The number of allylic oxidation sites excluding steroid dienone is 4. The first kappa shape index (κ1) is 32.6. The van der Waals surface area contributed by atoms with E-state index in [0.717, 1.165) is 94.3 Å². The highest BCUT2D eigenvalue weighted by Gasteiger charge is 2.23. The molecule has 0 aliphatic heterocycles. The monoisotopic (exact) mass is 743 g/mol. The van der Waals surface area contributed by atoms with Gasteiger partial charge in [0, 0.05) is 49.5 Å². The Morgan fingerprint density at radius 1 is 0.448 bits per heavy atom. The summed E-state index contributed by atoms with van der Waals surface area (Å²) in [6.45, 7) is 0. The zero-order valence-corrected chi connectivity index (χ0v) is 31.3. The summed E-state index contributed by atoms with van der Waals surface area (Å²) in [4.78, 5) is 15.8. The van der Waals surface area contributed by atoms with Gasteiger partial charge in [-0.15, -0.1) is 0 Å². The van der Waals surface area contributed by atoms with Crippen LogP contribution in [0.5, 0.6) is 0 Å². The molecule has 12 rings (SSSR count). The summed E-state index contributed by atoms with van der Waals surface area (Å²) < 4.78 is 13.2. The summed E-state index contributed by atoms with van der Waals surface area (Å²) in [6, 6.07) is 57.1. The molecule has 0 bridgehead atoms. The van der Waals surface area contributed by atoms with Crippen molar-refractivity contribution in [1.29, 1.82) is 0 Å². The molecule has 0 radical (unpaired) electrons. The zero-order chi connectivity index (χ0) is 38.2. The Hall–Kier alpha value is -7.63. The molecule has 0 N–H and O–H groups in total. The highest BCUT2D eigenvalue weighted by Crippen LogP contribution is 2.44. The molecule has 58 heavy (non-hydrogen) atoms. The Morgan fingerprint density at radius 3 is 1.97 bits per heavy atom. The van der Waals surface area contributed by atoms with Crippen LogP contribution in [0.2, 0.25) is 0 Å². The van der Waals surface area contributed by atoms with E-state index in [1.807, 2.05) is 24.3 Å². The topological polar surface area (TPSA) is 65.0 Å². The average molecular weight is 744 g/mol. The minimum atomic E-state index is 0.291. The smallest absolute Gasteiger partial charge is 0.164 e. The van der Waals surface area contributed by atoms with Gasteiger partial charge in [0.1, 0.15) is 22.3 Å². The molecule has 0 saturated carbocycles. The van der Waals surface area contributed by atoms with Crippen LogP contribution in [0.3, 0.4) is 0 Å². The van der Waals surface area contributed by atoms with E-state index < -0.39 is 0 Å². The third-order valence-corrected chi connectivity index (χ3v) is 11.6. The molecule has 0 spiro atoms. The van der Waals surface area contributed by atoms with Crippen LogP contribution in [0.1, 0.15) is 23.7 Å². The Labute approximate surface area is 333 Å². The quantitative estimate of drug-likeness (QED) is 0.176. The number of para-hydroxylation sites is 2. The molecule has 0 saturated heterocycles. The maximum absolute atomic E-state index is 6.68. The lowest BCUT2D eigenvalue weighted by Crippen LogP contribution is -2.05. The van der Waals surface area contributed by atoms with Gasteiger partial charge in [-0.25, -0.2) is 15.0 Å². The van der Waals surface area contributed by atoms with Gasteiger partial charge in [0.15, 0.2) is 17.5 Å². The fourth-order valence-corrected chi connectivity index (χ4v) is 8.79. The van der Waals surface area contributed by atoms with Gasteiger partial charge in [0.25, 0.3) is 0 Å². The fourth-order valence-electron chi connectivity index (χ4n) is 8.79. The number of hydrogen-bond acceptors (Lipinski definition) is 5. The van der Waals surface area contributed by atoms with Gasteiger partial charge in [0.2, 0.25) is 0 Å². The molecule has 3 aromatic heterocycles. The van der Waals surface area contributed by atoms with Crippen LogP contribution in [0.25, 0.3) is 105 Å². The van der Waals surface area contributed by atoms with Gasteiger partial charge in [-0.3, -0.25) is 0 Å². The van der Waals surface area contributed by atoms with Crippen LogP contribution in [0, 0.1) is 0 Å². The molecular weight excluding hydrogens is 711 g/mol. The summed E-state index contributed by atoms with van der Waals surface area (Å²) >= 11 is 0. The number of nitrogens with zero attached hydrogens (tertiary/aromatic N) is 3. The molecule has 0 fully saturated rings. The molecule has 5 nitrogen and oxygen atoms in total. The van der Waals surface area contributed by atoms with E-state index in [0.29, 0.717) is 23.4 Å². The van der Waals surface area contributed by atoms with E-state index in [1.54, 1.807) is 0 Å². The van der Waals surface area contributed by atoms with Crippen molar-refractivity contribution >= 4 is 71.0 Å². The van der Waals surface area contributed by atoms with Gasteiger partial charge >= 0.3 is 0 Å². The normalized spacial score (nSPS) is 14.3. The Balaban J connectivity index is 1.11. The third-order valence-electron chi connectivity index (χ3n) is 11.6. The standard InChI is InChI=1S/C53H33N3O2/c1-2-12-32(13-3-1)34-22-25-35(26-23-34)51-54-52(37-27-24-33-14-4-5-15-36(33)28-37)56-53(55-51)45-29-38(30-48-49(45)42-19-9-11-21-47(42)57-48)43-31-44-40-17-8-10-20-46(40)58-50(44)41-18-7-6-16-39(41)43/h1-22,24-31,34H,23H2. The van der Waals surface area contributed by atoms with Gasteiger partial charge in [0.05, 0.1) is 0 Å². The lowest BCUT2D eigenvalue weighted by Gasteiger charge is -2.17. The van der Waals surface area contributed by atoms with Gasteiger partial charge in [-0.2, -0.15) is 0 Å². The molecule has 1 aliphatic rings. The number of rotatable bonds is 5. The minimum absolute atomic E-state index is 0.291. The number of hydrogen-bond donors (Lipinski definition) is 0. The fraction of sp³-hybridized carbons (Fsp3) is 0.0377. The van der Waals surface area contributed by atoms with Crippen LogP contribution < -0.4 is 0 Å². The van der Waals surface area contributed by atoms with Crippen molar-refractivity contribution in [2.45, 2.75) is 12.3 Å². The summed E-state index contributed by atoms with van der Waals surface area (Å²) in [6.07, 6.45) is 7.55. The van der Waals surface area contributed by atoms with E-state index >= 15 is 0 Å². The number of furan rings is 2. The molecule has 1 atom stereocenters. The first-order chi connectivity index (χ1) is 28.7. The first-order valence-corrected chi connectivity index (χ1v) is 19.7. The third kappa shape index (κ3) is 5.28. The van der Waals surface area contributed by atoms with Crippen LogP contribution in [-0.2, 0) is 0 Å². The summed E-state index contributed by atoms with van der Waals surface area (Å²) in [5.74, 6) is 2.14. The molecule has 5 heteroatoms. The largest absolute Gasteiger partial charge is 0.456 e. The van der Waals surface area contributed by atoms with E-state index in [4.69, 9.17) is 23.8 Å². The van der Waals surface area contributed by atoms with Crippen molar-refractivity contribution in [3.8, 4) is 33.9 Å². The molecule has 8 aromatic carbocycles. The summed E-state index contributed by atoms with van der Waals surface area (Å²) in [5.41, 5.74) is 9.49. The lowest BCUT2D eigenvalue weighted by molar-refractivity contribution is 0.669. The van der Waals surface area contributed by atoms with E-state index in [2.05, 4.69) is 158 Å². The number of benzene rings is 8. The predicted octanol–water partition coefficient (Wildman–Crippen LogP) is 14.1. The summed E-state index contributed by atoms with van der Waals surface area (Å²) in [7, 11) is 0. The van der Waals surface area contributed by atoms with Crippen molar-refractivity contribution < 1.29 is 8.83 Å². The number of aromatic nitrogens is 3. The van der Waals surface area contributed by atoms with Crippen molar-refractivity contribution in [3.63, 3.8) is 0 Å². The van der Waals surface area contributed by atoms with Crippen LogP contribution >= 0.6 is 0 Å². The van der Waals surface area contributed by atoms with Crippen molar-refractivity contribution in [2.75, 3.05) is 0 Å². The van der Waals surface area contributed by atoms with E-state index in [1.165, 1.54) is 10.9 Å². The molecule has 0 amide bonds. The van der Waals surface area contributed by atoms with Crippen molar-refractivity contribution in [2.24, 2.45) is 0 Å². The Bertz CT molecular complexity index is 3500. The zero-order valence-electron chi connectivity index (χ0n) is 31.3. The SMILES string of the molecule is C1=CC(c2ccccc2)CC=C1c1nc(-c2ccc3ccccc3c2)nc(-c2cc(-c3cc4c5ccccc5oc4c4ccccc34)cc3oc4ccccc4c23)n1. The molecule has 1 aliphatic carbocycles. The minimum Gasteiger partial charge on any atom is -0.456 e. The van der Waals surface area contributed by atoms with E-state index in [-0.39, 0.29) is 0 Å². The molecule has 11 aromatic rings. The highest BCUT2D eigenvalue weighted by molar-refractivity contribution is 6.20. The van der Waals surface area contributed by atoms with Crippen LogP contribution in [0.15, 0.2) is 191 Å². The maximum atomic E-state index is 6.68. The van der Waals surface area contributed by atoms with Crippen molar-refractivity contribution in [1.82, 2.24) is 15.0 Å². The average Bonchev–Trinajstić information content (AvgIpc) is 3.87. The van der Waals surface area contributed by atoms with Crippen LogP contribution in [-0.4, -0.2) is 15.0 Å². The van der Waals surface area contributed by atoms with Gasteiger partial charge in [-0.05, 0) is 75.7 Å². The molecule has 272 valence electrons. The van der Waals surface area contributed by atoms with E-state index in [9.17, 15) is 0 Å². The molecular formula is C53H33N3O2.